The molecule has 172 valence electrons. The third-order valence-corrected chi connectivity index (χ3v) is 6.50. The fraction of sp³-hybridized carbons (Fsp3) is 0.440. The number of aromatic nitrogens is 5. The van der Waals surface area contributed by atoms with Crippen molar-refractivity contribution in [2.75, 3.05) is 24.5 Å². The predicted molar refractivity (Wildman–Crippen MR) is 131 cm³/mol. The molecule has 0 aromatic carbocycles. The minimum absolute atomic E-state index is 0.0949. The highest BCUT2D eigenvalue weighted by molar-refractivity contribution is 5.67. The molecule has 0 saturated carbocycles. The minimum Gasteiger partial charge on any atom is -0.370 e. The van der Waals surface area contributed by atoms with Crippen molar-refractivity contribution in [1.82, 2.24) is 29.3 Å². The van der Waals surface area contributed by atoms with Crippen molar-refractivity contribution in [3.63, 3.8) is 0 Å². The van der Waals surface area contributed by atoms with E-state index in [0.717, 1.165) is 67.1 Å². The molecular weight excluding hydrogens is 414 g/mol. The van der Waals surface area contributed by atoms with Crippen LogP contribution in [0.15, 0.2) is 35.4 Å². The zero-order chi connectivity index (χ0) is 23.1. The van der Waals surface area contributed by atoms with Crippen molar-refractivity contribution in [3.05, 3.63) is 57.9 Å². The molecule has 0 spiro atoms. The molecule has 0 atom stereocenters. The first kappa shape index (κ1) is 21.6. The summed E-state index contributed by atoms with van der Waals surface area (Å²) in [5.74, 6) is 0. The second-order valence-electron chi connectivity index (χ2n) is 9.10. The molecule has 0 radical (unpaired) electrons. The lowest BCUT2D eigenvalue weighted by Gasteiger charge is -2.34. The van der Waals surface area contributed by atoms with Crippen LogP contribution in [0.25, 0.3) is 22.6 Å². The second-order valence-corrected chi connectivity index (χ2v) is 9.10. The molecule has 8 nitrogen and oxygen atoms in total. The molecule has 0 bridgehead atoms. The van der Waals surface area contributed by atoms with Crippen LogP contribution in [-0.4, -0.2) is 49.7 Å². The van der Waals surface area contributed by atoms with Crippen LogP contribution in [0, 0.1) is 20.8 Å². The van der Waals surface area contributed by atoms with Gasteiger partial charge in [-0.2, -0.15) is 5.10 Å². The van der Waals surface area contributed by atoms with Crippen molar-refractivity contribution in [1.29, 1.82) is 0 Å². The second kappa shape index (κ2) is 8.59. The van der Waals surface area contributed by atoms with Crippen molar-refractivity contribution in [2.24, 2.45) is 0 Å². The van der Waals surface area contributed by atoms with Crippen molar-refractivity contribution >= 4 is 16.9 Å². The average Bonchev–Trinajstić information content (AvgIpc) is 3.23. The Morgan fingerprint density at radius 3 is 2.58 bits per heavy atom. The van der Waals surface area contributed by atoms with E-state index in [1.54, 1.807) is 10.5 Å². The van der Waals surface area contributed by atoms with Gasteiger partial charge < -0.3 is 10.2 Å². The zero-order valence-electron chi connectivity index (χ0n) is 19.8. The van der Waals surface area contributed by atoms with Gasteiger partial charge in [0, 0.05) is 31.4 Å². The summed E-state index contributed by atoms with van der Waals surface area (Å²) >= 11 is 0. The minimum atomic E-state index is -0.0949. The van der Waals surface area contributed by atoms with E-state index in [1.165, 1.54) is 0 Å². The predicted octanol–water partition coefficient (Wildman–Crippen LogP) is 3.30. The molecule has 33 heavy (non-hydrogen) atoms. The lowest BCUT2D eigenvalue weighted by molar-refractivity contribution is 0.415. The van der Waals surface area contributed by atoms with Crippen molar-refractivity contribution in [3.8, 4) is 11.4 Å². The van der Waals surface area contributed by atoms with Crippen LogP contribution in [0.4, 0.5) is 5.69 Å². The van der Waals surface area contributed by atoms with Gasteiger partial charge in [0.1, 0.15) is 11.3 Å². The molecule has 0 unspecified atom stereocenters. The van der Waals surface area contributed by atoms with Crippen LogP contribution in [0.2, 0.25) is 0 Å². The van der Waals surface area contributed by atoms with Gasteiger partial charge in [0.25, 0.3) is 5.56 Å². The largest absolute Gasteiger partial charge is 0.370 e. The monoisotopic (exact) mass is 445 g/mol. The molecular formula is C25H31N7O. The van der Waals surface area contributed by atoms with Crippen molar-refractivity contribution in [2.45, 2.75) is 53.0 Å². The fourth-order valence-electron chi connectivity index (χ4n) is 4.76. The zero-order valence-corrected chi connectivity index (χ0v) is 19.8. The topological polar surface area (TPSA) is 79.8 Å². The highest BCUT2D eigenvalue weighted by Gasteiger charge is 2.20. The third kappa shape index (κ3) is 4.11. The first-order valence-electron chi connectivity index (χ1n) is 11.8. The fourth-order valence-corrected chi connectivity index (χ4v) is 4.76. The Hall–Kier alpha value is -3.26. The number of nitrogens with one attached hydrogen (secondary N) is 1. The van der Waals surface area contributed by atoms with E-state index < -0.39 is 0 Å². The Morgan fingerprint density at radius 1 is 1.03 bits per heavy atom. The number of aryl methyl sites for hydroxylation is 3. The van der Waals surface area contributed by atoms with E-state index in [4.69, 9.17) is 4.98 Å². The Labute approximate surface area is 193 Å². The van der Waals surface area contributed by atoms with Crippen LogP contribution in [0.3, 0.4) is 0 Å². The highest BCUT2D eigenvalue weighted by atomic mass is 16.1. The number of nitrogens with zero attached hydrogens (tertiary/aromatic N) is 6. The van der Waals surface area contributed by atoms with Crippen LogP contribution < -0.4 is 15.8 Å². The molecule has 1 fully saturated rings. The Kier molecular flexibility index (Phi) is 5.62. The Balaban J connectivity index is 1.48. The standard InChI is InChI=1S/C25H31N7O/c1-5-8-26-19-6-9-30(10-7-19)20-11-16(2)25-28-21(13-24(33)31(25)15-20)22-12-23-18(4)27-17(3)14-32(23)29-22/h11-15,19,26H,5-10H2,1-4H3. The maximum atomic E-state index is 13.1. The maximum absolute atomic E-state index is 13.1. The van der Waals surface area contributed by atoms with Gasteiger partial charge in [-0.05, 0) is 64.3 Å². The van der Waals surface area contributed by atoms with Crippen LogP contribution in [0.1, 0.15) is 43.1 Å². The van der Waals surface area contributed by atoms with E-state index in [2.05, 4.69) is 33.3 Å². The lowest BCUT2D eigenvalue weighted by atomic mass is 10.0. The molecule has 5 rings (SSSR count). The van der Waals surface area contributed by atoms with Crippen LogP contribution in [-0.2, 0) is 0 Å². The summed E-state index contributed by atoms with van der Waals surface area (Å²) in [6, 6.07) is 6.25. The van der Waals surface area contributed by atoms with Gasteiger partial charge >= 0.3 is 0 Å². The normalized spacial score (nSPS) is 15.1. The van der Waals surface area contributed by atoms with Crippen molar-refractivity contribution < 1.29 is 0 Å². The molecule has 0 aliphatic carbocycles. The Bertz CT molecular complexity index is 1380. The highest BCUT2D eigenvalue weighted by Crippen LogP contribution is 2.24. The van der Waals surface area contributed by atoms with Crippen LogP contribution >= 0.6 is 0 Å². The summed E-state index contributed by atoms with van der Waals surface area (Å²) in [5.41, 5.74) is 6.61. The SMILES string of the molecule is CCCNC1CCN(c2cc(C)c3nc(-c4cc5c(C)nc(C)cn5n4)cc(=O)n3c2)CC1. The smallest absolute Gasteiger partial charge is 0.258 e. The number of piperidine rings is 1. The van der Waals surface area contributed by atoms with Gasteiger partial charge in [-0.1, -0.05) is 6.92 Å². The quantitative estimate of drug-likeness (QED) is 0.508. The summed E-state index contributed by atoms with van der Waals surface area (Å²) < 4.78 is 3.48. The average molecular weight is 446 g/mol. The first-order chi connectivity index (χ1) is 15.9. The third-order valence-electron chi connectivity index (χ3n) is 6.50. The first-order valence-corrected chi connectivity index (χ1v) is 11.8. The van der Waals surface area contributed by atoms with Gasteiger partial charge in [-0.25, -0.2) is 9.50 Å². The summed E-state index contributed by atoms with van der Waals surface area (Å²) in [5, 5.41) is 8.28. The molecule has 5 heterocycles. The number of pyridine rings is 1. The van der Waals surface area contributed by atoms with Gasteiger partial charge in [-0.15, -0.1) is 0 Å². The molecule has 1 aliphatic rings. The lowest BCUT2D eigenvalue weighted by Crippen LogP contribution is -2.43. The summed E-state index contributed by atoms with van der Waals surface area (Å²) in [6.07, 6.45) is 7.21. The number of anilines is 1. The van der Waals surface area contributed by atoms with E-state index in [1.807, 2.05) is 43.7 Å². The number of fused-ring (bicyclic) bond motifs is 2. The number of rotatable bonds is 5. The summed E-state index contributed by atoms with van der Waals surface area (Å²) in [4.78, 5) is 24.8. The van der Waals surface area contributed by atoms with Gasteiger partial charge in [0.2, 0.25) is 0 Å². The number of hydrogen-bond donors (Lipinski definition) is 1. The molecule has 8 heteroatoms. The molecule has 1 aliphatic heterocycles. The molecule has 4 aromatic heterocycles. The van der Waals surface area contributed by atoms with Gasteiger partial charge in [0.05, 0.1) is 34.5 Å². The summed E-state index contributed by atoms with van der Waals surface area (Å²) in [7, 11) is 0. The van der Waals surface area contributed by atoms with E-state index >= 15 is 0 Å². The maximum Gasteiger partial charge on any atom is 0.258 e. The molecule has 1 saturated heterocycles. The van der Waals surface area contributed by atoms with Crippen LogP contribution in [0.5, 0.6) is 0 Å². The molecule has 1 N–H and O–H groups in total. The van der Waals surface area contributed by atoms with E-state index in [9.17, 15) is 4.79 Å². The van der Waals surface area contributed by atoms with E-state index in [0.29, 0.717) is 23.1 Å². The van der Waals surface area contributed by atoms with Gasteiger partial charge in [-0.3, -0.25) is 14.2 Å². The molecule has 4 aromatic rings. The molecule has 0 amide bonds. The van der Waals surface area contributed by atoms with Gasteiger partial charge in [0.15, 0.2) is 0 Å². The van der Waals surface area contributed by atoms with E-state index in [-0.39, 0.29) is 5.56 Å². The number of hydrogen-bond acceptors (Lipinski definition) is 6. The summed E-state index contributed by atoms with van der Waals surface area (Å²) in [6.45, 7) is 11.2. The Morgan fingerprint density at radius 2 is 1.82 bits per heavy atom.